The monoisotopic (exact) mass is 852 g/mol. The minimum atomic E-state index is -3.38. The van der Waals surface area contributed by atoms with Crippen molar-refractivity contribution in [1.29, 1.82) is 0 Å². The summed E-state index contributed by atoms with van der Waals surface area (Å²) >= 11 is 0. The van der Waals surface area contributed by atoms with Crippen LogP contribution in [0.25, 0.3) is 0 Å². The number of hydrogen-bond donors (Lipinski definition) is 4. The molecule has 4 saturated heterocycles. The van der Waals surface area contributed by atoms with Gasteiger partial charge in [-0.1, -0.05) is 0 Å². The Balaban J connectivity index is 0.738. The van der Waals surface area contributed by atoms with Gasteiger partial charge >= 0.3 is 0 Å². The van der Waals surface area contributed by atoms with Crippen molar-refractivity contribution in [3.05, 3.63) is 65.5 Å². The second-order valence-corrected chi connectivity index (χ2v) is 19.2. The number of anilines is 4. The van der Waals surface area contributed by atoms with Gasteiger partial charge in [0.05, 0.1) is 22.2 Å². The van der Waals surface area contributed by atoms with Crippen molar-refractivity contribution in [2.45, 2.75) is 55.5 Å². The molecule has 0 radical (unpaired) electrons. The number of amides is 6. The van der Waals surface area contributed by atoms with Gasteiger partial charge < -0.3 is 31.1 Å². The average molecular weight is 853 g/mol. The molecule has 0 spiro atoms. The van der Waals surface area contributed by atoms with Gasteiger partial charge in [0.15, 0.2) is 21.3 Å². The van der Waals surface area contributed by atoms with Gasteiger partial charge in [-0.2, -0.15) is 0 Å². The molecular formula is C42H48N10O8S. The Bertz CT molecular complexity index is 2430. The van der Waals surface area contributed by atoms with Gasteiger partial charge in [0.2, 0.25) is 17.7 Å². The molecule has 3 aromatic rings. The zero-order chi connectivity index (χ0) is 42.7. The summed E-state index contributed by atoms with van der Waals surface area (Å²) in [5, 5.41) is 8.59. The van der Waals surface area contributed by atoms with Crippen LogP contribution in [0.2, 0.25) is 0 Å². The van der Waals surface area contributed by atoms with Crippen molar-refractivity contribution in [2.75, 3.05) is 67.2 Å². The van der Waals surface area contributed by atoms with E-state index in [9.17, 15) is 37.2 Å². The molecule has 18 nitrogen and oxygen atoms in total. The summed E-state index contributed by atoms with van der Waals surface area (Å²) in [6, 6.07) is 10.3. The van der Waals surface area contributed by atoms with Crippen LogP contribution in [0, 0.1) is 23.7 Å². The fourth-order valence-corrected chi connectivity index (χ4v) is 10.5. The summed E-state index contributed by atoms with van der Waals surface area (Å²) in [6.45, 7) is 5.63. The molecule has 9 rings (SSSR count). The number of piperidine rings is 4. The molecule has 5 fully saturated rings. The molecule has 5 aliphatic heterocycles. The van der Waals surface area contributed by atoms with E-state index < -0.39 is 45.4 Å². The molecule has 0 bridgehead atoms. The van der Waals surface area contributed by atoms with Crippen LogP contribution in [-0.4, -0.2) is 128 Å². The van der Waals surface area contributed by atoms with E-state index in [0.717, 1.165) is 75.3 Å². The third kappa shape index (κ3) is 8.03. The lowest BCUT2D eigenvalue weighted by Gasteiger charge is -2.36. The Morgan fingerprint density at radius 3 is 2.30 bits per heavy atom. The number of hydrogen-bond acceptors (Lipinski definition) is 14. The maximum Gasteiger partial charge on any atom is 0.271 e. The van der Waals surface area contributed by atoms with Crippen LogP contribution in [0.5, 0.6) is 0 Å². The number of carbonyl (C=O) groups is 6. The third-order valence-corrected chi connectivity index (χ3v) is 14.3. The number of sulfone groups is 1. The SMILES string of the molecule is CS(=O)(=O)c1ccc(Nc2nc(N3CCC[C@@H](NC(=O)C4C5CN(CC6CCN(c7ccc8c(c7)C(=O)N(C7CCC(=O)NC7=O)C8=O)CC6)CC54)C3)cnc2C(N)=O)cc1. The van der Waals surface area contributed by atoms with Gasteiger partial charge in [0, 0.05) is 81.8 Å². The van der Waals surface area contributed by atoms with E-state index in [1.165, 1.54) is 18.3 Å². The van der Waals surface area contributed by atoms with Crippen LogP contribution in [0.3, 0.4) is 0 Å². The first kappa shape index (κ1) is 40.5. The van der Waals surface area contributed by atoms with Crippen molar-refractivity contribution in [3.63, 3.8) is 0 Å². The minimum absolute atomic E-state index is 0.00770. The number of likely N-dealkylation sites (tertiary alicyclic amines) is 1. The molecule has 2 aromatic carbocycles. The second kappa shape index (κ2) is 15.8. The first-order valence-electron chi connectivity index (χ1n) is 20.8. The molecule has 1 aromatic heterocycles. The van der Waals surface area contributed by atoms with Crippen LogP contribution < -0.4 is 31.5 Å². The lowest BCUT2D eigenvalue weighted by Crippen LogP contribution is -2.54. The molecule has 4 atom stereocenters. The fourth-order valence-electron chi connectivity index (χ4n) is 9.87. The van der Waals surface area contributed by atoms with Gasteiger partial charge in [-0.05, 0) is 92.3 Å². The Morgan fingerprint density at radius 2 is 1.61 bits per heavy atom. The maximum atomic E-state index is 13.5. The molecule has 6 amide bonds. The molecule has 5 N–H and O–H groups in total. The van der Waals surface area contributed by atoms with Crippen LogP contribution in [-0.2, 0) is 24.2 Å². The smallest absolute Gasteiger partial charge is 0.271 e. The highest BCUT2D eigenvalue weighted by molar-refractivity contribution is 7.90. The van der Waals surface area contributed by atoms with Gasteiger partial charge in [0.25, 0.3) is 17.7 Å². The molecule has 1 aliphatic carbocycles. The minimum Gasteiger partial charge on any atom is -0.371 e. The number of imide groups is 2. The summed E-state index contributed by atoms with van der Waals surface area (Å²) in [4.78, 5) is 93.2. The molecule has 6 heterocycles. The van der Waals surface area contributed by atoms with Gasteiger partial charge in [-0.15, -0.1) is 0 Å². The van der Waals surface area contributed by atoms with Crippen molar-refractivity contribution in [2.24, 2.45) is 29.4 Å². The number of nitrogens with two attached hydrogens (primary N) is 1. The molecule has 19 heteroatoms. The fraction of sp³-hybridized carbons (Fsp3) is 0.476. The summed E-state index contributed by atoms with van der Waals surface area (Å²) in [7, 11) is -3.38. The van der Waals surface area contributed by atoms with E-state index in [4.69, 9.17) is 5.73 Å². The van der Waals surface area contributed by atoms with E-state index in [-0.39, 0.29) is 58.2 Å². The van der Waals surface area contributed by atoms with E-state index >= 15 is 0 Å². The zero-order valence-corrected chi connectivity index (χ0v) is 34.5. The Labute approximate surface area is 352 Å². The van der Waals surface area contributed by atoms with Crippen molar-refractivity contribution < 1.29 is 37.2 Å². The van der Waals surface area contributed by atoms with Crippen molar-refractivity contribution in [3.8, 4) is 0 Å². The number of aromatic nitrogens is 2. The maximum absolute atomic E-state index is 13.5. The number of primary amides is 1. The van der Waals surface area contributed by atoms with Crippen LogP contribution >= 0.6 is 0 Å². The number of benzene rings is 2. The lowest BCUT2D eigenvalue weighted by molar-refractivity contribution is -0.136. The number of nitrogens with zero attached hydrogens (tertiary/aromatic N) is 6. The van der Waals surface area contributed by atoms with Gasteiger partial charge in [-0.3, -0.25) is 39.0 Å². The van der Waals surface area contributed by atoms with Gasteiger partial charge in [0.1, 0.15) is 11.9 Å². The number of fused-ring (bicyclic) bond motifs is 2. The van der Waals surface area contributed by atoms with Crippen LogP contribution in [0.1, 0.15) is 69.7 Å². The summed E-state index contributed by atoms with van der Waals surface area (Å²) < 4.78 is 23.8. The highest BCUT2D eigenvalue weighted by Gasteiger charge is 2.59. The number of rotatable bonds is 11. The first-order chi connectivity index (χ1) is 29.2. The normalized spacial score (nSPS) is 25.6. The lowest BCUT2D eigenvalue weighted by atomic mass is 9.95. The van der Waals surface area contributed by atoms with Gasteiger partial charge in [-0.25, -0.2) is 18.4 Å². The highest BCUT2D eigenvalue weighted by Crippen LogP contribution is 2.52. The van der Waals surface area contributed by atoms with E-state index in [1.807, 2.05) is 11.0 Å². The quantitative estimate of drug-likeness (QED) is 0.199. The van der Waals surface area contributed by atoms with Crippen LogP contribution in [0.15, 0.2) is 53.6 Å². The standard InChI is InChI=1S/C42H48N10O8S/c1-61(59,60)27-7-4-24(5-8-27)45-38-36(37(43)54)44-18-33(47-38)51-14-2-3-25(20-51)46-40(56)35-30-21-49(22-31(30)35)19-23-12-15-50(16-13-23)26-6-9-28-29(17-26)42(58)52(41(28)57)32-10-11-34(53)48-39(32)55/h4-9,17-18,23,25,30-32,35H,2-3,10-16,19-22H2,1H3,(H2,43,54)(H,45,47)(H,46,56)(H,48,53,55)/t25-,30?,31?,32?,35?/m1/s1. The summed E-state index contributed by atoms with van der Waals surface area (Å²) in [5.41, 5.74) is 7.50. The van der Waals surface area contributed by atoms with E-state index in [2.05, 4.69) is 35.7 Å². The highest BCUT2D eigenvalue weighted by atomic mass is 32.2. The molecule has 1 saturated carbocycles. The molecule has 320 valence electrons. The van der Waals surface area contributed by atoms with E-state index in [0.29, 0.717) is 42.3 Å². The number of carbonyl (C=O) groups excluding carboxylic acids is 6. The molecule has 3 unspecified atom stereocenters. The predicted octanol–water partition coefficient (Wildman–Crippen LogP) is 1.30. The average Bonchev–Trinajstić information content (AvgIpc) is 3.64. The molecular weight excluding hydrogens is 805 g/mol. The first-order valence-corrected chi connectivity index (χ1v) is 22.7. The molecule has 6 aliphatic rings. The largest absolute Gasteiger partial charge is 0.371 e. The second-order valence-electron chi connectivity index (χ2n) is 17.2. The Hall–Kier alpha value is -5.95. The zero-order valence-electron chi connectivity index (χ0n) is 33.7. The number of nitrogens with one attached hydrogen (secondary N) is 3. The Kier molecular flexibility index (Phi) is 10.5. The summed E-state index contributed by atoms with van der Waals surface area (Å²) in [5.74, 6) is -0.808. The van der Waals surface area contributed by atoms with Crippen molar-refractivity contribution >= 4 is 68.3 Å². The predicted molar refractivity (Wildman–Crippen MR) is 222 cm³/mol. The molecule has 61 heavy (non-hydrogen) atoms. The van der Waals surface area contributed by atoms with Crippen LogP contribution in [0.4, 0.5) is 23.0 Å². The van der Waals surface area contributed by atoms with Crippen molar-refractivity contribution in [1.82, 2.24) is 30.4 Å². The summed E-state index contributed by atoms with van der Waals surface area (Å²) in [6.07, 6.45) is 6.45. The van der Waals surface area contributed by atoms with E-state index in [1.54, 1.807) is 24.3 Å². The third-order valence-electron chi connectivity index (χ3n) is 13.1. The Morgan fingerprint density at radius 1 is 0.885 bits per heavy atom. The topological polar surface area (TPSA) is 237 Å².